The molecule has 1 heterocycles. The zero-order valence-electron chi connectivity index (χ0n) is 11.1. The van der Waals surface area contributed by atoms with Crippen LogP contribution >= 0.6 is 12.2 Å². The first-order valence-electron chi connectivity index (χ1n) is 5.62. The van der Waals surface area contributed by atoms with Crippen LogP contribution in [0.3, 0.4) is 0 Å². The number of hydrogen-bond acceptors (Lipinski definition) is 5. The van der Waals surface area contributed by atoms with Gasteiger partial charge in [-0.15, -0.1) is 0 Å². The number of hydrogen-bond donors (Lipinski definition) is 3. The van der Waals surface area contributed by atoms with Gasteiger partial charge in [-0.1, -0.05) is 12.2 Å². The third kappa shape index (κ3) is 4.22. The van der Waals surface area contributed by atoms with E-state index in [4.69, 9.17) is 23.7 Å². The van der Waals surface area contributed by atoms with Crippen LogP contribution in [0.15, 0.2) is 23.2 Å². The predicted octanol–water partition coefficient (Wildman–Crippen LogP) is -0.352. The van der Waals surface area contributed by atoms with Crippen molar-refractivity contribution in [2.75, 3.05) is 0 Å². The van der Waals surface area contributed by atoms with Crippen molar-refractivity contribution in [2.24, 2.45) is 11.5 Å². The Morgan fingerprint density at radius 2 is 2.05 bits per heavy atom. The fourth-order valence-electron chi connectivity index (χ4n) is 1.68. The van der Waals surface area contributed by atoms with E-state index in [0.29, 0.717) is 0 Å². The molecule has 0 aliphatic carbocycles. The molecule has 0 unspecified atom stereocenters. The average molecular weight is 316 g/mol. The van der Waals surface area contributed by atoms with Crippen LogP contribution in [-0.2, 0) is 14.8 Å². The van der Waals surface area contributed by atoms with E-state index in [2.05, 4.69) is 9.71 Å². The lowest BCUT2D eigenvalue weighted by molar-refractivity contribution is -0.119. The maximum absolute atomic E-state index is 12.3. The number of pyridine rings is 1. The molecule has 0 fully saturated rings. The van der Waals surface area contributed by atoms with Gasteiger partial charge in [0.2, 0.25) is 15.9 Å². The van der Waals surface area contributed by atoms with E-state index in [1.165, 1.54) is 18.3 Å². The maximum atomic E-state index is 12.3. The summed E-state index contributed by atoms with van der Waals surface area (Å²) in [6, 6.07) is 2.79. The molecule has 0 atom stereocenters. The van der Waals surface area contributed by atoms with Crippen LogP contribution < -0.4 is 16.2 Å². The Bertz CT molecular complexity index is 641. The number of aromatic nitrogens is 1. The van der Waals surface area contributed by atoms with E-state index >= 15 is 0 Å². The van der Waals surface area contributed by atoms with Crippen LogP contribution in [0, 0.1) is 0 Å². The number of carbonyl (C=O) groups is 1. The van der Waals surface area contributed by atoms with Crippen LogP contribution in [0.25, 0.3) is 0 Å². The van der Waals surface area contributed by atoms with Gasteiger partial charge in [0.1, 0.15) is 15.6 Å². The highest BCUT2D eigenvalue weighted by Crippen LogP contribution is 2.17. The molecule has 0 saturated heterocycles. The number of rotatable bonds is 6. The maximum Gasteiger partial charge on any atom is 0.243 e. The molecule has 0 saturated carbocycles. The standard InChI is InChI=1S/C11H16N4O3S2/c1-11(2,6-8(12)16)15-20(17,18)7-4-3-5-14-9(7)10(13)19/h3-5,15H,6H2,1-2H3,(H2,12,16)(H2,13,19). The molecule has 1 aromatic heterocycles. The minimum Gasteiger partial charge on any atom is -0.388 e. The van der Waals surface area contributed by atoms with Gasteiger partial charge >= 0.3 is 0 Å². The third-order valence-corrected chi connectivity index (χ3v) is 4.24. The number of nitrogens with two attached hydrogens (primary N) is 2. The van der Waals surface area contributed by atoms with Gasteiger partial charge in [-0.25, -0.2) is 13.1 Å². The van der Waals surface area contributed by atoms with Gasteiger partial charge < -0.3 is 11.5 Å². The van der Waals surface area contributed by atoms with Crippen molar-refractivity contribution < 1.29 is 13.2 Å². The summed E-state index contributed by atoms with van der Waals surface area (Å²) in [6.45, 7) is 3.10. The molecule has 0 aromatic carbocycles. The van der Waals surface area contributed by atoms with E-state index in [-0.39, 0.29) is 22.0 Å². The molecule has 0 spiro atoms. The van der Waals surface area contributed by atoms with Gasteiger partial charge in [-0.3, -0.25) is 9.78 Å². The Hall–Kier alpha value is -1.58. The molecule has 20 heavy (non-hydrogen) atoms. The Balaban J connectivity index is 3.19. The summed E-state index contributed by atoms with van der Waals surface area (Å²) in [5.74, 6) is -0.613. The summed E-state index contributed by atoms with van der Waals surface area (Å²) in [7, 11) is -3.93. The second kappa shape index (κ2) is 5.81. The fourth-order valence-corrected chi connectivity index (χ4v) is 3.49. The second-order valence-corrected chi connectivity index (χ2v) is 6.94. The van der Waals surface area contributed by atoms with Gasteiger partial charge in [-0.05, 0) is 26.0 Å². The highest BCUT2D eigenvalue weighted by atomic mass is 32.2. The Morgan fingerprint density at radius 1 is 1.45 bits per heavy atom. The molecule has 1 rings (SSSR count). The van der Waals surface area contributed by atoms with E-state index in [1.54, 1.807) is 13.8 Å². The summed E-state index contributed by atoms with van der Waals surface area (Å²) >= 11 is 4.78. The average Bonchev–Trinajstić information content (AvgIpc) is 2.25. The number of amides is 1. The summed E-state index contributed by atoms with van der Waals surface area (Å²) in [5, 5.41) is 0. The van der Waals surface area contributed by atoms with Crippen LogP contribution in [-0.4, -0.2) is 29.8 Å². The van der Waals surface area contributed by atoms with E-state index < -0.39 is 21.5 Å². The molecule has 0 radical (unpaired) electrons. The van der Waals surface area contributed by atoms with E-state index in [9.17, 15) is 13.2 Å². The highest BCUT2D eigenvalue weighted by molar-refractivity contribution is 7.89. The first kappa shape index (κ1) is 16.5. The van der Waals surface area contributed by atoms with Crippen molar-refractivity contribution in [1.29, 1.82) is 0 Å². The first-order valence-corrected chi connectivity index (χ1v) is 7.51. The molecular formula is C11H16N4O3S2. The summed E-state index contributed by atoms with van der Waals surface area (Å²) in [6.07, 6.45) is 1.25. The molecule has 0 aliphatic heterocycles. The normalized spacial score (nSPS) is 12.1. The Morgan fingerprint density at radius 3 is 2.55 bits per heavy atom. The lowest BCUT2D eigenvalue weighted by atomic mass is 10.0. The number of thiocarbonyl (C=S) groups is 1. The summed E-state index contributed by atoms with van der Waals surface area (Å²) in [4.78, 5) is 14.5. The molecule has 0 bridgehead atoms. The molecular weight excluding hydrogens is 300 g/mol. The van der Waals surface area contributed by atoms with Crippen molar-refractivity contribution in [2.45, 2.75) is 30.7 Å². The number of sulfonamides is 1. The largest absolute Gasteiger partial charge is 0.388 e. The molecule has 1 aromatic rings. The predicted molar refractivity (Wildman–Crippen MR) is 78.3 cm³/mol. The van der Waals surface area contributed by atoms with Crippen molar-refractivity contribution in [3.63, 3.8) is 0 Å². The number of nitrogens with zero attached hydrogens (tertiary/aromatic N) is 1. The van der Waals surface area contributed by atoms with Crippen molar-refractivity contribution in [3.8, 4) is 0 Å². The molecule has 110 valence electrons. The first-order chi connectivity index (χ1) is 9.05. The SMILES string of the molecule is CC(C)(CC(N)=O)NS(=O)(=O)c1cccnc1C(N)=S. The highest BCUT2D eigenvalue weighted by Gasteiger charge is 2.30. The Kier molecular flexibility index (Phi) is 4.79. The summed E-state index contributed by atoms with van der Waals surface area (Å²) < 4.78 is 27.1. The van der Waals surface area contributed by atoms with Crippen LogP contribution in [0.1, 0.15) is 26.0 Å². The molecule has 7 nitrogen and oxygen atoms in total. The van der Waals surface area contributed by atoms with Gasteiger partial charge in [0, 0.05) is 18.2 Å². The lowest BCUT2D eigenvalue weighted by Gasteiger charge is -2.24. The minimum atomic E-state index is -3.93. The van der Waals surface area contributed by atoms with Crippen molar-refractivity contribution in [3.05, 3.63) is 24.0 Å². The van der Waals surface area contributed by atoms with E-state index in [1.807, 2.05) is 0 Å². The second-order valence-electron chi connectivity index (χ2n) is 4.85. The smallest absolute Gasteiger partial charge is 0.243 e. The summed E-state index contributed by atoms with van der Waals surface area (Å²) in [5.41, 5.74) is 9.52. The molecule has 0 aliphatic rings. The van der Waals surface area contributed by atoms with Crippen LogP contribution in [0.2, 0.25) is 0 Å². The van der Waals surface area contributed by atoms with Crippen LogP contribution in [0.5, 0.6) is 0 Å². The number of carbonyl (C=O) groups excluding carboxylic acids is 1. The minimum absolute atomic E-state index is 0.00451. The molecule has 1 amide bonds. The monoisotopic (exact) mass is 316 g/mol. The third-order valence-electron chi connectivity index (χ3n) is 2.32. The van der Waals surface area contributed by atoms with Gasteiger partial charge in [0.25, 0.3) is 0 Å². The molecule has 5 N–H and O–H groups in total. The zero-order valence-corrected chi connectivity index (χ0v) is 12.7. The Labute approximate surface area is 122 Å². The van der Waals surface area contributed by atoms with Gasteiger partial charge in [-0.2, -0.15) is 0 Å². The number of nitrogens with one attached hydrogen (secondary N) is 1. The van der Waals surface area contributed by atoms with E-state index in [0.717, 1.165) is 0 Å². The van der Waals surface area contributed by atoms with Crippen molar-refractivity contribution >= 4 is 33.1 Å². The fraction of sp³-hybridized carbons (Fsp3) is 0.364. The molecule has 9 heteroatoms. The van der Waals surface area contributed by atoms with Gasteiger partial charge in [0.15, 0.2) is 0 Å². The van der Waals surface area contributed by atoms with Crippen LogP contribution in [0.4, 0.5) is 0 Å². The topological polar surface area (TPSA) is 128 Å². The number of primary amides is 1. The zero-order chi connectivity index (χ0) is 15.6. The lowest BCUT2D eigenvalue weighted by Crippen LogP contribution is -2.46. The van der Waals surface area contributed by atoms with Crippen molar-refractivity contribution in [1.82, 2.24) is 9.71 Å². The quantitative estimate of drug-likeness (QED) is 0.615. The van der Waals surface area contributed by atoms with Gasteiger partial charge in [0.05, 0.1) is 0 Å².